The number of cyclic esters (lactones) is 2. The van der Waals surface area contributed by atoms with Crippen LogP contribution in [0.25, 0.3) is 0 Å². The largest absolute Gasteiger partial charge is 0.422 e. The molecule has 1 aliphatic heterocycles. The summed E-state index contributed by atoms with van der Waals surface area (Å²) in [6.07, 6.45) is 0. The van der Waals surface area contributed by atoms with Crippen molar-refractivity contribution in [2.45, 2.75) is 25.0 Å². The van der Waals surface area contributed by atoms with Crippen molar-refractivity contribution in [3.8, 4) is 0 Å². The maximum Gasteiger partial charge on any atom is 0.336 e. The fourth-order valence-electron chi connectivity index (χ4n) is 2.33. The van der Waals surface area contributed by atoms with Crippen LogP contribution in [0.2, 0.25) is 0 Å². The summed E-state index contributed by atoms with van der Waals surface area (Å²) in [7, 11) is 0. The van der Waals surface area contributed by atoms with Crippen molar-refractivity contribution >= 4 is 17.6 Å². The summed E-state index contributed by atoms with van der Waals surface area (Å²) >= 11 is 0. The molecule has 0 saturated carbocycles. The summed E-state index contributed by atoms with van der Waals surface area (Å²) in [6, 6.07) is 5.15. The Balaban J connectivity index is 2.13. The van der Waals surface area contributed by atoms with Crippen LogP contribution in [0, 0.1) is 16.2 Å². The number of nitro groups is 1. The van der Waals surface area contributed by atoms with Gasteiger partial charge in [-0.05, 0) is 12.1 Å². The van der Waals surface area contributed by atoms with Crippen LogP contribution >= 0.6 is 0 Å². The van der Waals surface area contributed by atoms with Gasteiger partial charge in [-0.1, -0.05) is 0 Å². The second-order valence-electron chi connectivity index (χ2n) is 4.80. The second-order valence-corrected chi connectivity index (χ2v) is 4.80. The van der Waals surface area contributed by atoms with Crippen LogP contribution in [-0.2, 0) is 24.5 Å². The van der Waals surface area contributed by atoms with E-state index in [9.17, 15) is 19.7 Å². The van der Waals surface area contributed by atoms with Gasteiger partial charge in [0.05, 0.1) is 10.5 Å². The number of esters is 2. The summed E-state index contributed by atoms with van der Waals surface area (Å²) in [5.74, 6) is -3.07. The number of benzene rings is 1. The predicted octanol–water partition coefficient (Wildman–Crippen LogP) is 0.831. The van der Waals surface area contributed by atoms with E-state index in [4.69, 9.17) is 9.47 Å². The monoisotopic (exact) mass is 262 g/mol. The normalized spacial score (nSPS) is 21.4. The second kappa shape index (κ2) is 3.11. The molecule has 1 saturated heterocycles. The Morgan fingerprint density at radius 2 is 1.84 bits per heavy atom. The third-order valence-corrected chi connectivity index (χ3v) is 3.15. The number of hydrogen-bond donors (Lipinski definition) is 0. The first-order chi connectivity index (χ1) is 8.80. The lowest BCUT2D eigenvalue weighted by molar-refractivity contribution is -0.385. The third-order valence-electron chi connectivity index (χ3n) is 3.15. The molecular formula is C12H8NO6. The Morgan fingerprint density at radius 1 is 1.26 bits per heavy atom. The van der Waals surface area contributed by atoms with Crippen molar-refractivity contribution in [1.29, 1.82) is 0 Å². The van der Waals surface area contributed by atoms with E-state index in [2.05, 4.69) is 6.07 Å². The maximum atomic E-state index is 12.1. The molecule has 3 rings (SSSR count). The molecule has 0 N–H and O–H groups in total. The molecular weight excluding hydrogens is 254 g/mol. The Morgan fingerprint density at radius 3 is 2.37 bits per heavy atom. The van der Waals surface area contributed by atoms with E-state index in [0.717, 1.165) is 0 Å². The van der Waals surface area contributed by atoms with E-state index in [-0.39, 0.29) is 16.8 Å². The van der Waals surface area contributed by atoms with Crippen molar-refractivity contribution < 1.29 is 24.0 Å². The van der Waals surface area contributed by atoms with Gasteiger partial charge in [-0.3, -0.25) is 10.1 Å². The highest BCUT2D eigenvalue weighted by Gasteiger charge is 2.72. The molecule has 1 heterocycles. The summed E-state index contributed by atoms with van der Waals surface area (Å²) in [6.45, 7) is 2.83. The standard InChI is InChI=1S/C12H8NO6/c1-11(2)18-9(14)12(10(15)19-11)6-4-3-5-7(8(6)12)13(16)17/h3,5H,1-2H3. The maximum absolute atomic E-state index is 12.1. The van der Waals surface area contributed by atoms with Crippen molar-refractivity contribution in [2.24, 2.45) is 0 Å². The summed E-state index contributed by atoms with van der Waals surface area (Å²) < 4.78 is 10.0. The van der Waals surface area contributed by atoms with E-state index < -0.39 is 28.1 Å². The zero-order chi connectivity index (χ0) is 14.0. The Kier molecular flexibility index (Phi) is 1.91. The highest BCUT2D eigenvalue weighted by molar-refractivity contribution is 6.19. The highest BCUT2D eigenvalue weighted by Crippen LogP contribution is 2.58. The first kappa shape index (κ1) is 11.6. The molecule has 0 atom stereocenters. The van der Waals surface area contributed by atoms with Gasteiger partial charge in [0.15, 0.2) is 0 Å². The summed E-state index contributed by atoms with van der Waals surface area (Å²) in [5, 5.41) is 10.9. The number of carbonyl (C=O) groups excluding carboxylic acids is 2. The minimum Gasteiger partial charge on any atom is -0.422 e. The minimum absolute atomic E-state index is 0.0190. The van der Waals surface area contributed by atoms with Gasteiger partial charge in [0, 0.05) is 25.5 Å². The summed E-state index contributed by atoms with van der Waals surface area (Å²) in [5.41, 5.74) is -1.92. The van der Waals surface area contributed by atoms with Gasteiger partial charge in [-0.15, -0.1) is 0 Å². The molecule has 1 aromatic rings. The Bertz CT molecular complexity index is 628. The molecule has 7 heteroatoms. The molecule has 0 amide bonds. The molecule has 1 aliphatic carbocycles. The first-order valence-corrected chi connectivity index (χ1v) is 5.47. The highest BCUT2D eigenvalue weighted by atomic mass is 16.7. The number of hydrogen-bond acceptors (Lipinski definition) is 6. The number of ether oxygens (including phenoxy) is 2. The van der Waals surface area contributed by atoms with E-state index in [0.29, 0.717) is 0 Å². The van der Waals surface area contributed by atoms with E-state index in [1.807, 2.05) is 0 Å². The van der Waals surface area contributed by atoms with Crippen LogP contribution < -0.4 is 0 Å². The van der Waals surface area contributed by atoms with E-state index in [1.165, 1.54) is 26.0 Å². The van der Waals surface area contributed by atoms with E-state index >= 15 is 0 Å². The van der Waals surface area contributed by atoms with Crippen molar-refractivity contribution in [3.63, 3.8) is 0 Å². The fraction of sp³-hybridized carbons (Fsp3) is 0.333. The number of nitro benzene ring substituents is 1. The van der Waals surface area contributed by atoms with Gasteiger partial charge in [-0.2, -0.15) is 0 Å². The molecule has 1 aromatic carbocycles. The van der Waals surface area contributed by atoms with Crippen molar-refractivity contribution in [3.05, 3.63) is 39.4 Å². The lowest BCUT2D eigenvalue weighted by atomic mass is 10.00. The Hall–Kier alpha value is -2.44. The SMILES string of the molecule is CC1(C)OC(=O)C2(C(=O)O1)c1[c]ccc([N+](=O)[O-])c12. The molecule has 0 unspecified atom stereocenters. The van der Waals surface area contributed by atoms with Crippen LogP contribution in [0.15, 0.2) is 12.1 Å². The van der Waals surface area contributed by atoms with Gasteiger partial charge in [0.2, 0.25) is 5.41 Å². The molecule has 0 bridgehead atoms. The molecule has 19 heavy (non-hydrogen) atoms. The van der Waals surface area contributed by atoms with Crippen LogP contribution in [0.5, 0.6) is 0 Å². The molecule has 97 valence electrons. The molecule has 1 radical (unpaired) electrons. The molecule has 0 aromatic heterocycles. The smallest absolute Gasteiger partial charge is 0.336 e. The van der Waals surface area contributed by atoms with Crippen molar-refractivity contribution in [2.75, 3.05) is 0 Å². The molecule has 7 nitrogen and oxygen atoms in total. The zero-order valence-electron chi connectivity index (χ0n) is 10.1. The predicted molar refractivity (Wildman–Crippen MR) is 59.0 cm³/mol. The fourth-order valence-corrected chi connectivity index (χ4v) is 2.33. The van der Waals surface area contributed by atoms with E-state index in [1.54, 1.807) is 0 Å². The molecule has 1 spiro atoms. The third kappa shape index (κ3) is 1.26. The number of fused-ring (bicyclic) bond motifs is 3. The van der Waals surface area contributed by atoms with Crippen LogP contribution in [0.4, 0.5) is 5.69 Å². The van der Waals surface area contributed by atoms with Crippen LogP contribution in [0.1, 0.15) is 25.0 Å². The lowest BCUT2D eigenvalue weighted by Crippen LogP contribution is -2.50. The average Bonchev–Trinajstić information content (AvgIpc) is 2.95. The first-order valence-electron chi connectivity index (χ1n) is 5.47. The van der Waals surface area contributed by atoms with Gasteiger partial charge in [0.1, 0.15) is 0 Å². The van der Waals surface area contributed by atoms with Gasteiger partial charge in [-0.25, -0.2) is 9.59 Å². The quantitative estimate of drug-likeness (QED) is 0.322. The number of rotatable bonds is 1. The van der Waals surface area contributed by atoms with Gasteiger partial charge < -0.3 is 9.47 Å². The Labute approximate surface area is 107 Å². The summed E-state index contributed by atoms with van der Waals surface area (Å²) in [4.78, 5) is 34.4. The minimum atomic E-state index is -1.79. The lowest BCUT2D eigenvalue weighted by Gasteiger charge is -2.33. The molecule has 1 fully saturated rings. The topological polar surface area (TPSA) is 95.7 Å². The number of carbonyl (C=O) groups is 2. The van der Waals surface area contributed by atoms with Gasteiger partial charge >= 0.3 is 11.9 Å². The molecule has 2 aliphatic rings. The van der Waals surface area contributed by atoms with Gasteiger partial charge in [0.25, 0.3) is 11.5 Å². The average molecular weight is 262 g/mol. The van der Waals surface area contributed by atoms with Crippen LogP contribution in [0.3, 0.4) is 0 Å². The van der Waals surface area contributed by atoms with Crippen LogP contribution in [-0.4, -0.2) is 22.6 Å². The number of nitrogens with zero attached hydrogens (tertiary/aromatic N) is 1. The van der Waals surface area contributed by atoms with Crippen molar-refractivity contribution in [1.82, 2.24) is 0 Å². The zero-order valence-corrected chi connectivity index (χ0v) is 10.1.